The Kier molecular flexibility index (Phi) is 9.84. The second kappa shape index (κ2) is 12.8. The highest BCUT2D eigenvalue weighted by atomic mass is 19.1. The van der Waals surface area contributed by atoms with Gasteiger partial charge in [0.25, 0.3) is 0 Å². The van der Waals surface area contributed by atoms with Gasteiger partial charge in [0, 0.05) is 25.8 Å². The van der Waals surface area contributed by atoms with Gasteiger partial charge in [-0.05, 0) is 48.9 Å². The number of halogens is 1. The van der Waals surface area contributed by atoms with Crippen molar-refractivity contribution in [2.45, 2.75) is 20.0 Å². The molecule has 0 unspecified atom stereocenters. The van der Waals surface area contributed by atoms with Crippen LogP contribution in [0, 0.1) is 5.82 Å². The molecule has 176 valence electrons. The van der Waals surface area contributed by atoms with E-state index in [9.17, 15) is 4.39 Å². The first kappa shape index (κ1) is 25.3. The Morgan fingerprint density at radius 3 is 2.39 bits per heavy atom. The van der Waals surface area contributed by atoms with Crippen LogP contribution in [0.2, 0.25) is 0 Å². The summed E-state index contributed by atoms with van der Waals surface area (Å²) in [6, 6.07) is 14.5. The lowest BCUT2D eigenvalue weighted by molar-refractivity contribution is -0.159. The number of methoxy groups -OCH3 is 1. The van der Waals surface area contributed by atoms with Gasteiger partial charge in [-0.1, -0.05) is 12.1 Å². The molecule has 1 aromatic heterocycles. The number of anilines is 1. The molecule has 0 bridgehead atoms. The van der Waals surface area contributed by atoms with Crippen LogP contribution >= 0.6 is 0 Å². The highest BCUT2D eigenvalue weighted by Crippen LogP contribution is 2.26. The Hall–Kier alpha value is -3.92. The first-order chi connectivity index (χ1) is 15.8. The molecule has 3 aromatic rings. The average Bonchev–Trinajstić information content (AvgIpc) is 3.20. The third kappa shape index (κ3) is 7.93. The fraction of sp³-hybridized carbons (Fsp3) is 0.261. The summed E-state index contributed by atoms with van der Waals surface area (Å²) in [5, 5.41) is 18.1. The van der Waals surface area contributed by atoms with E-state index in [1.165, 1.54) is 12.1 Å². The second-order valence-electron chi connectivity index (χ2n) is 6.66. The van der Waals surface area contributed by atoms with E-state index in [0.29, 0.717) is 26.3 Å². The number of hydrogen-bond acceptors (Lipinski definition) is 6. The Bertz CT molecular complexity index is 1040. The van der Waals surface area contributed by atoms with Gasteiger partial charge in [0.05, 0.1) is 25.1 Å². The topological polar surface area (TPSA) is 123 Å². The van der Waals surface area contributed by atoms with Crippen molar-refractivity contribution < 1.29 is 33.7 Å². The molecule has 2 aromatic carbocycles. The van der Waals surface area contributed by atoms with Crippen molar-refractivity contribution in [1.82, 2.24) is 9.55 Å². The van der Waals surface area contributed by atoms with Crippen molar-refractivity contribution in [3.8, 4) is 17.0 Å². The third-order valence-electron chi connectivity index (χ3n) is 4.36. The fourth-order valence-electron chi connectivity index (χ4n) is 2.87. The van der Waals surface area contributed by atoms with Gasteiger partial charge in [-0.2, -0.15) is 0 Å². The minimum absolute atomic E-state index is 0.243. The summed E-state index contributed by atoms with van der Waals surface area (Å²) in [7, 11) is 1.67. The number of hydrogen-bond donors (Lipinski definition) is 3. The lowest BCUT2D eigenvalue weighted by atomic mass is 10.1. The maximum Gasteiger partial charge on any atom is 0.414 e. The first-order valence-electron chi connectivity index (χ1n) is 10.1. The predicted octanol–water partition coefficient (Wildman–Crippen LogP) is 3.50. The highest BCUT2D eigenvalue weighted by Gasteiger charge is 2.12. The number of rotatable bonds is 9. The zero-order valence-electron chi connectivity index (χ0n) is 18.3. The summed E-state index contributed by atoms with van der Waals surface area (Å²) in [5.41, 5.74) is 2.89. The molecule has 0 aliphatic rings. The number of nitrogens with zero attached hydrogens (tertiary/aromatic N) is 2. The number of benzene rings is 2. The molecule has 33 heavy (non-hydrogen) atoms. The zero-order valence-corrected chi connectivity index (χ0v) is 18.3. The van der Waals surface area contributed by atoms with E-state index in [1.54, 1.807) is 13.2 Å². The number of carboxylic acids is 2. The largest absolute Gasteiger partial charge is 0.494 e. The molecule has 0 radical (unpaired) electrons. The van der Waals surface area contributed by atoms with E-state index in [1.807, 2.05) is 43.5 Å². The standard InChI is InChI=1S/C21H24FN3O2.C2H2O4/c1-3-27-19-9-7-17(8-10-19)20-15-24-21(25(20)11-12-26-2)23-14-16-5-4-6-18(22)13-16;3-1(4)2(5)6/h4-10,13,15H,3,11-12,14H2,1-2H3,(H,23,24);(H,3,4)(H,5,6). The molecule has 0 saturated heterocycles. The minimum Gasteiger partial charge on any atom is -0.494 e. The number of imidazole rings is 1. The Morgan fingerprint density at radius 1 is 1.12 bits per heavy atom. The molecule has 0 amide bonds. The van der Waals surface area contributed by atoms with Crippen LogP contribution in [-0.4, -0.2) is 52.0 Å². The van der Waals surface area contributed by atoms with Crippen LogP contribution in [0.3, 0.4) is 0 Å². The molecule has 3 rings (SSSR count). The van der Waals surface area contributed by atoms with Crippen LogP contribution in [0.1, 0.15) is 12.5 Å². The van der Waals surface area contributed by atoms with E-state index in [2.05, 4.69) is 14.9 Å². The number of aliphatic carboxylic acids is 2. The van der Waals surface area contributed by atoms with E-state index < -0.39 is 11.9 Å². The quantitative estimate of drug-likeness (QED) is 0.416. The Labute approximate surface area is 190 Å². The van der Waals surface area contributed by atoms with E-state index in [-0.39, 0.29) is 5.82 Å². The molecule has 0 aliphatic carbocycles. The van der Waals surface area contributed by atoms with Crippen molar-refractivity contribution in [3.63, 3.8) is 0 Å². The van der Waals surface area contributed by atoms with Crippen LogP contribution in [0.5, 0.6) is 5.75 Å². The number of aromatic nitrogens is 2. The van der Waals surface area contributed by atoms with Gasteiger partial charge < -0.3 is 29.6 Å². The van der Waals surface area contributed by atoms with Gasteiger partial charge in [0.15, 0.2) is 0 Å². The van der Waals surface area contributed by atoms with Gasteiger partial charge in [0.2, 0.25) is 5.95 Å². The molecule has 10 heteroatoms. The van der Waals surface area contributed by atoms with Crippen LogP contribution < -0.4 is 10.1 Å². The monoisotopic (exact) mass is 459 g/mol. The van der Waals surface area contributed by atoms with Gasteiger partial charge in [-0.3, -0.25) is 0 Å². The van der Waals surface area contributed by atoms with Crippen molar-refractivity contribution in [3.05, 3.63) is 66.1 Å². The first-order valence-corrected chi connectivity index (χ1v) is 10.1. The Morgan fingerprint density at radius 2 is 1.82 bits per heavy atom. The number of nitrogens with one attached hydrogen (secondary N) is 1. The van der Waals surface area contributed by atoms with Crippen LogP contribution in [-0.2, 0) is 27.4 Å². The van der Waals surface area contributed by atoms with Crippen LogP contribution in [0.25, 0.3) is 11.3 Å². The van der Waals surface area contributed by atoms with Crippen molar-refractivity contribution in [2.75, 3.05) is 25.6 Å². The summed E-state index contributed by atoms with van der Waals surface area (Å²) < 4.78 is 26.2. The summed E-state index contributed by atoms with van der Waals surface area (Å²) in [4.78, 5) is 22.7. The zero-order chi connectivity index (χ0) is 24.2. The van der Waals surface area contributed by atoms with E-state index in [0.717, 1.165) is 28.5 Å². The number of ether oxygens (including phenoxy) is 2. The molecule has 0 saturated carbocycles. The molecular formula is C23H26FN3O6. The number of carboxylic acid groups (broad SMARTS) is 2. The average molecular weight is 459 g/mol. The lowest BCUT2D eigenvalue weighted by Gasteiger charge is -2.13. The van der Waals surface area contributed by atoms with Crippen molar-refractivity contribution in [1.29, 1.82) is 0 Å². The fourth-order valence-corrected chi connectivity index (χ4v) is 2.87. The molecule has 0 aliphatic heterocycles. The molecule has 1 heterocycles. The molecule has 3 N–H and O–H groups in total. The summed E-state index contributed by atoms with van der Waals surface area (Å²) >= 11 is 0. The summed E-state index contributed by atoms with van der Waals surface area (Å²) in [6.07, 6.45) is 1.83. The predicted molar refractivity (Wildman–Crippen MR) is 120 cm³/mol. The van der Waals surface area contributed by atoms with Crippen molar-refractivity contribution in [2.24, 2.45) is 0 Å². The normalized spacial score (nSPS) is 10.2. The maximum atomic E-state index is 13.4. The third-order valence-corrected chi connectivity index (χ3v) is 4.36. The summed E-state index contributed by atoms with van der Waals surface area (Å²) in [6.45, 7) is 4.31. The Balaban J connectivity index is 0.000000569. The lowest BCUT2D eigenvalue weighted by Crippen LogP contribution is -2.11. The molecule has 9 nitrogen and oxygen atoms in total. The molecule has 0 fully saturated rings. The summed E-state index contributed by atoms with van der Waals surface area (Å²) in [5.74, 6) is -2.33. The van der Waals surface area contributed by atoms with E-state index >= 15 is 0 Å². The van der Waals surface area contributed by atoms with Crippen LogP contribution in [0.15, 0.2) is 54.7 Å². The van der Waals surface area contributed by atoms with Gasteiger partial charge in [-0.25, -0.2) is 19.0 Å². The molecular weight excluding hydrogens is 433 g/mol. The van der Waals surface area contributed by atoms with E-state index in [4.69, 9.17) is 29.3 Å². The highest BCUT2D eigenvalue weighted by molar-refractivity contribution is 6.27. The van der Waals surface area contributed by atoms with Gasteiger partial charge in [0.1, 0.15) is 11.6 Å². The smallest absolute Gasteiger partial charge is 0.414 e. The SMILES string of the molecule is CCOc1ccc(-c2cnc(NCc3cccc(F)c3)n2CCOC)cc1.O=C(O)C(=O)O. The second-order valence-corrected chi connectivity index (χ2v) is 6.66. The number of carbonyl (C=O) groups is 2. The van der Waals surface area contributed by atoms with Gasteiger partial charge >= 0.3 is 11.9 Å². The molecule has 0 spiro atoms. The van der Waals surface area contributed by atoms with Gasteiger partial charge in [-0.15, -0.1) is 0 Å². The molecule has 0 atom stereocenters. The maximum absolute atomic E-state index is 13.4. The van der Waals surface area contributed by atoms with Crippen LogP contribution in [0.4, 0.5) is 10.3 Å². The van der Waals surface area contributed by atoms with Crippen molar-refractivity contribution >= 4 is 17.9 Å². The minimum atomic E-state index is -1.82.